The van der Waals surface area contributed by atoms with Crippen LogP contribution in [0.25, 0.3) is 11.3 Å². The minimum Gasteiger partial charge on any atom is -0.508 e. The Morgan fingerprint density at radius 3 is 2.51 bits per heavy atom. The van der Waals surface area contributed by atoms with Crippen LogP contribution >= 0.6 is 11.3 Å². The number of nitrogens with zero attached hydrogens (tertiary/aromatic N) is 1. The minimum atomic E-state index is -1.05. The zero-order chi connectivity index (χ0) is 25.2. The van der Waals surface area contributed by atoms with Crippen LogP contribution < -0.4 is 10.6 Å². The van der Waals surface area contributed by atoms with Gasteiger partial charge in [-0.25, -0.2) is 9.78 Å². The minimum absolute atomic E-state index is 0.151. The molecule has 0 amide bonds. The van der Waals surface area contributed by atoms with E-state index < -0.39 is 29.4 Å². The SMILES string of the molecule is COC(=O)C1=C(C)NC(C)(Nc2nc(-c3cccc(O)c3)cs2)C(C(=O)OC)C1c1ccccc1. The lowest BCUT2D eigenvalue weighted by atomic mass is 9.71. The Morgan fingerprint density at radius 2 is 1.86 bits per heavy atom. The molecule has 0 bridgehead atoms. The molecule has 0 spiro atoms. The maximum Gasteiger partial charge on any atom is 0.336 e. The van der Waals surface area contributed by atoms with Gasteiger partial charge < -0.3 is 25.2 Å². The molecule has 1 aliphatic heterocycles. The number of esters is 2. The van der Waals surface area contributed by atoms with Crippen LogP contribution in [0, 0.1) is 5.92 Å². The second kappa shape index (κ2) is 9.79. The fourth-order valence-corrected chi connectivity index (χ4v) is 5.47. The molecule has 0 saturated carbocycles. The van der Waals surface area contributed by atoms with Crippen molar-refractivity contribution in [2.24, 2.45) is 5.92 Å². The van der Waals surface area contributed by atoms with E-state index in [1.807, 2.05) is 48.7 Å². The molecule has 3 aromatic rings. The number of phenols is 1. The van der Waals surface area contributed by atoms with E-state index in [1.165, 1.54) is 25.6 Å². The topological polar surface area (TPSA) is 110 Å². The molecule has 9 heteroatoms. The molecular weight excluding hydrogens is 466 g/mol. The summed E-state index contributed by atoms with van der Waals surface area (Å²) in [6.45, 7) is 3.63. The second-order valence-corrected chi connectivity index (χ2v) is 9.32. The molecule has 0 aliphatic carbocycles. The van der Waals surface area contributed by atoms with E-state index in [0.717, 1.165) is 11.1 Å². The van der Waals surface area contributed by atoms with Gasteiger partial charge in [-0.15, -0.1) is 11.3 Å². The van der Waals surface area contributed by atoms with Gasteiger partial charge in [0.05, 0.1) is 25.5 Å². The van der Waals surface area contributed by atoms with Crippen LogP contribution in [0.15, 0.2) is 71.2 Å². The molecular formula is C26H27N3O5S. The lowest BCUT2D eigenvalue weighted by molar-refractivity contribution is -0.149. The molecule has 182 valence electrons. The largest absolute Gasteiger partial charge is 0.508 e. The predicted octanol–water partition coefficient (Wildman–Crippen LogP) is 4.27. The first kappa shape index (κ1) is 24.3. The number of benzene rings is 2. The molecule has 2 heterocycles. The van der Waals surface area contributed by atoms with Gasteiger partial charge in [0.15, 0.2) is 5.13 Å². The Kier molecular flexibility index (Phi) is 6.79. The fraction of sp³-hybridized carbons (Fsp3) is 0.269. The summed E-state index contributed by atoms with van der Waals surface area (Å²) in [5, 5.41) is 19.0. The molecule has 4 rings (SSSR count). The third-order valence-corrected chi connectivity index (χ3v) is 6.91. The molecule has 1 aromatic heterocycles. The average Bonchev–Trinajstić information content (AvgIpc) is 3.31. The molecule has 1 aliphatic rings. The van der Waals surface area contributed by atoms with E-state index in [9.17, 15) is 14.7 Å². The highest BCUT2D eigenvalue weighted by Crippen LogP contribution is 2.45. The van der Waals surface area contributed by atoms with Crippen molar-refractivity contribution in [1.29, 1.82) is 0 Å². The number of hydrogen-bond donors (Lipinski definition) is 3. The van der Waals surface area contributed by atoms with Crippen LogP contribution in [0.4, 0.5) is 5.13 Å². The molecule has 0 fully saturated rings. The Balaban J connectivity index is 1.79. The number of ether oxygens (including phenoxy) is 2. The zero-order valence-corrected chi connectivity index (χ0v) is 20.7. The van der Waals surface area contributed by atoms with Gasteiger partial charge in [-0.3, -0.25) is 4.79 Å². The standard InChI is InChI=1S/C26H27N3O5S/c1-15-20(23(31)33-3)21(16-9-6-5-7-10-16)22(24(32)34-4)26(2,28-15)29-25-27-19(14-35-25)17-11-8-12-18(30)13-17/h5-14,21-22,28,30H,1-4H3,(H,27,29). The first-order valence-electron chi connectivity index (χ1n) is 11.0. The van der Waals surface area contributed by atoms with Gasteiger partial charge in [-0.2, -0.15) is 0 Å². The number of carbonyl (C=O) groups excluding carboxylic acids is 2. The zero-order valence-electron chi connectivity index (χ0n) is 19.9. The van der Waals surface area contributed by atoms with Gasteiger partial charge >= 0.3 is 11.9 Å². The highest BCUT2D eigenvalue weighted by molar-refractivity contribution is 7.14. The summed E-state index contributed by atoms with van der Waals surface area (Å²) in [6, 6.07) is 16.2. The van der Waals surface area contributed by atoms with Crippen molar-refractivity contribution in [3.8, 4) is 17.0 Å². The van der Waals surface area contributed by atoms with Crippen molar-refractivity contribution >= 4 is 28.4 Å². The lowest BCUT2D eigenvalue weighted by Crippen LogP contribution is -2.62. The van der Waals surface area contributed by atoms with E-state index in [2.05, 4.69) is 15.6 Å². The maximum absolute atomic E-state index is 13.3. The van der Waals surface area contributed by atoms with Crippen molar-refractivity contribution in [2.75, 3.05) is 19.5 Å². The molecule has 3 unspecified atom stereocenters. The Labute approximate surface area is 207 Å². The Hall–Kier alpha value is -3.85. The molecule has 3 N–H and O–H groups in total. The number of phenolic OH excluding ortho intramolecular Hbond substituents is 1. The quantitative estimate of drug-likeness (QED) is 0.437. The number of thiazole rings is 1. The van der Waals surface area contributed by atoms with Gasteiger partial charge in [0.25, 0.3) is 0 Å². The summed E-state index contributed by atoms with van der Waals surface area (Å²) in [7, 11) is 2.65. The van der Waals surface area contributed by atoms with E-state index in [4.69, 9.17) is 9.47 Å². The monoisotopic (exact) mass is 493 g/mol. The summed E-state index contributed by atoms with van der Waals surface area (Å²) in [4.78, 5) is 30.8. The van der Waals surface area contributed by atoms with Crippen molar-refractivity contribution < 1.29 is 24.2 Å². The molecule has 0 saturated heterocycles. The van der Waals surface area contributed by atoms with Crippen molar-refractivity contribution in [3.05, 3.63) is 76.8 Å². The van der Waals surface area contributed by atoms with Crippen molar-refractivity contribution in [2.45, 2.75) is 25.4 Å². The van der Waals surface area contributed by atoms with Crippen LogP contribution in [0.2, 0.25) is 0 Å². The van der Waals surface area contributed by atoms with Crippen molar-refractivity contribution in [1.82, 2.24) is 10.3 Å². The molecule has 3 atom stereocenters. The number of anilines is 1. The molecule has 35 heavy (non-hydrogen) atoms. The fourth-order valence-electron chi connectivity index (χ4n) is 4.64. The van der Waals surface area contributed by atoms with Crippen LogP contribution in [-0.4, -0.2) is 41.9 Å². The summed E-state index contributed by atoms with van der Waals surface area (Å²) < 4.78 is 10.3. The van der Waals surface area contributed by atoms with Gasteiger partial charge in [0.1, 0.15) is 17.3 Å². The number of hydrogen-bond acceptors (Lipinski definition) is 9. The summed E-state index contributed by atoms with van der Waals surface area (Å²) in [5.74, 6) is -2.31. The summed E-state index contributed by atoms with van der Waals surface area (Å²) in [6.07, 6.45) is 0. The smallest absolute Gasteiger partial charge is 0.336 e. The van der Waals surface area contributed by atoms with Crippen molar-refractivity contribution in [3.63, 3.8) is 0 Å². The average molecular weight is 494 g/mol. The van der Waals surface area contributed by atoms with E-state index >= 15 is 0 Å². The van der Waals surface area contributed by atoms with Gasteiger partial charge in [0.2, 0.25) is 0 Å². The first-order chi connectivity index (χ1) is 16.8. The number of allylic oxidation sites excluding steroid dienone is 1. The van der Waals surface area contributed by atoms with Crippen LogP contribution in [-0.2, 0) is 19.1 Å². The second-order valence-electron chi connectivity index (χ2n) is 8.46. The highest BCUT2D eigenvalue weighted by atomic mass is 32.1. The number of carbonyl (C=O) groups is 2. The molecule has 0 radical (unpaired) electrons. The van der Waals surface area contributed by atoms with E-state index in [1.54, 1.807) is 25.1 Å². The predicted molar refractivity (Wildman–Crippen MR) is 134 cm³/mol. The van der Waals surface area contributed by atoms with Crippen LogP contribution in [0.1, 0.15) is 25.3 Å². The van der Waals surface area contributed by atoms with Crippen LogP contribution in [0.3, 0.4) is 0 Å². The summed E-state index contributed by atoms with van der Waals surface area (Å²) in [5.41, 5.74) is 2.15. The summed E-state index contributed by atoms with van der Waals surface area (Å²) >= 11 is 1.37. The molecule has 8 nitrogen and oxygen atoms in total. The number of aromatic nitrogens is 1. The lowest BCUT2D eigenvalue weighted by Gasteiger charge is -2.46. The van der Waals surface area contributed by atoms with Crippen LogP contribution in [0.5, 0.6) is 5.75 Å². The third kappa shape index (κ3) is 4.72. The van der Waals surface area contributed by atoms with Gasteiger partial charge in [-0.1, -0.05) is 42.5 Å². The number of nitrogens with one attached hydrogen (secondary N) is 2. The Bertz CT molecular complexity index is 1270. The number of rotatable bonds is 6. The number of methoxy groups -OCH3 is 2. The van der Waals surface area contributed by atoms with E-state index in [0.29, 0.717) is 22.1 Å². The number of aromatic hydroxyl groups is 1. The van der Waals surface area contributed by atoms with E-state index in [-0.39, 0.29) is 5.75 Å². The maximum atomic E-state index is 13.3. The van der Waals surface area contributed by atoms with Gasteiger partial charge in [0, 0.05) is 22.6 Å². The molecule has 2 aromatic carbocycles. The third-order valence-electron chi connectivity index (χ3n) is 6.15. The normalized spacial score (nSPS) is 21.7. The highest BCUT2D eigenvalue weighted by Gasteiger charge is 2.52. The first-order valence-corrected chi connectivity index (χ1v) is 11.9. The van der Waals surface area contributed by atoms with Gasteiger partial charge in [-0.05, 0) is 31.5 Å². The Morgan fingerprint density at radius 1 is 1.11 bits per heavy atom.